The highest BCUT2D eigenvalue weighted by atomic mass is 16.1. The standard InChI is InChI=1S/C10H14O/c11-10-8-3-1-2-6-4-5-7(8)9(6)10/h6-9H,1-5H2. The summed E-state index contributed by atoms with van der Waals surface area (Å²) in [6, 6.07) is 0. The first-order valence-corrected chi connectivity index (χ1v) is 4.91. The highest BCUT2D eigenvalue weighted by molar-refractivity contribution is 5.91. The molecule has 3 aliphatic carbocycles. The quantitative estimate of drug-likeness (QED) is 0.516. The van der Waals surface area contributed by atoms with Crippen LogP contribution in [-0.2, 0) is 4.79 Å². The van der Waals surface area contributed by atoms with E-state index in [4.69, 9.17) is 0 Å². The largest absolute Gasteiger partial charge is 0.299 e. The van der Waals surface area contributed by atoms with Crippen molar-refractivity contribution in [2.45, 2.75) is 32.1 Å². The highest BCUT2D eigenvalue weighted by Gasteiger charge is 2.56. The van der Waals surface area contributed by atoms with E-state index >= 15 is 0 Å². The van der Waals surface area contributed by atoms with Crippen LogP contribution in [0.5, 0.6) is 0 Å². The van der Waals surface area contributed by atoms with E-state index in [0.29, 0.717) is 17.6 Å². The molecule has 60 valence electrons. The van der Waals surface area contributed by atoms with Gasteiger partial charge >= 0.3 is 0 Å². The molecule has 0 aromatic rings. The van der Waals surface area contributed by atoms with Gasteiger partial charge in [0.1, 0.15) is 5.78 Å². The molecule has 3 fully saturated rings. The molecule has 11 heavy (non-hydrogen) atoms. The Kier molecular flexibility index (Phi) is 1.06. The third-order valence-corrected chi connectivity index (χ3v) is 4.14. The molecule has 4 unspecified atom stereocenters. The SMILES string of the molecule is O=C1C2CCCC3CCC2C13. The number of rotatable bonds is 0. The van der Waals surface area contributed by atoms with Gasteiger partial charge in [-0.05, 0) is 37.5 Å². The molecule has 0 amide bonds. The van der Waals surface area contributed by atoms with Crippen LogP contribution in [0.3, 0.4) is 0 Å². The molecule has 1 nitrogen and oxygen atoms in total. The Balaban J connectivity index is 1.98. The Morgan fingerprint density at radius 1 is 1.09 bits per heavy atom. The van der Waals surface area contributed by atoms with Gasteiger partial charge < -0.3 is 0 Å². The van der Waals surface area contributed by atoms with Crippen molar-refractivity contribution in [3.63, 3.8) is 0 Å². The fourth-order valence-corrected chi connectivity index (χ4v) is 3.63. The van der Waals surface area contributed by atoms with Crippen molar-refractivity contribution in [1.82, 2.24) is 0 Å². The number of carbonyl (C=O) groups is 1. The minimum atomic E-state index is 0.521. The summed E-state index contributed by atoms with van der Waals surface area (Å²) in [6.45, 7) is 0. The topological polar surface area (TPSA) is 17.1 Å². The Morgan fingerprint density at radius 2 is 2.00 bits per heavy atom. The summed E-state index contributed by atoms with van der Waals surface area (Å²) in [5, 5.41) is 0. The van der Waals surface area contributed by atoms with Crippen LogP contribution in [-0.4, -0.2) is 5.78 Å². The Hall–Kier alpha value is -0.330. The lowest BCUT2D eigenvalue weighted by Gasteiger charge is -2.38. The molecular weight excluding hydrogens is 136 g/mol. The molecule has 3 rings (SSSR count). The van der Waals surface area contributed by atoms with Gasteiger partial charge in [0.05, 0.1) is 0 Å². The van der Waals surface area contributed by atoms with E-state index in [-0.39, 0.29) is 0 Å². The minimum absolute atomic E-state index is 0.521. The van der Waals surface area contributed by atoms with Gasteiger partial charge in [-0.2, -0.15) is 0 Å². The Labute approximate surface area is 67.2 Å². The maximum absolute atomic E-state index is 11.5. The second-order valence-corrected chi connectivity index (χ2v) is 4.47. The van der Waals surface area contributed by atoms with Gasteiger partial charge in [-0.15, -0.1) is 0 Å². The van der Waals surface area contributed by atoms with Crippen LogP contribution in [0, 0.1) is 23.7 Å². The second-order valence-electron chi connectivity index (χ2n) is 4.47. The maximum Gasteiger partial charge on any atom is 0.139 e. The van der Waals surface area contributed by atoms with Crippen LogP contribution in [0.15, 0.2) is 0 Å². The van der Waals surface area contributed by atoms with Crippen molar-refractivity contribution < 1.29 is 4.79 Å². The van der Waals surface area contributed by atoms with Crippen LogP contribution >= 0.6 is 0 Å². The van der Waals surface area contributed by atoms with E-state index in [1.54, 1.807) is 0 Å². The molecule has 1 heteroatoms. The van der Waals surface area contributed by atoms with Crippen LogP contribution in [0.25, 0.3) is 0 Å². The first-order valence-electron chi connectivity index (χ1n) is 4.91. The predicted octanol–water partition coefficient (Wildman–Crippen LogP) is 2.01. The third-order valence-electron chi connectivity index (χ3n) is 4.14. The molecule has 0 radical (unpaired) electrons. The molecule has 0 spiro atoms. The first-order chi connectivity index (χ1) is 5.38. The fourth-order valence-electron chi connectivity index (χ4n) is 3.63. The summed E-state index contributed by atoms with van der Waals surface area (Å²) in [6.07, 6.45) is 6.62. The zero-order valence-electron chi connectivity index (χ0n) is 6.75. The molecule has 0 aliphatic heterocycles. The summed E-state index contributed by atoms with van der Waals surface area (Å²) in [5.74, 6) is 3.35. The lowest BCUT2D eigenvalue weighted by atomic mass is 9.64. The number of hydrogen-bond donors (Lipinski definition) is 0. The molecule has 3 saturated carbocycles. The second kappa shape index (κ2) is 1.88. The summed E-state index contributed by atoms with van der Waals surface area (Å²) >= 11 is 0. The Bertz CT molecular complexity index is 203. The molecular formula is C10H14O. The average molecular weight is 150 g/mol. The van der Waals surface area contributed by atoms with Crippen molar-refractivity contribution >= 4 is 5.78 Å². The van der Waals surface area contributed by atoms with Crippen molar-refractivity contribution in [3.8, 4) is 0 Å². The first kappa shape index (κ1) is 6.22. The maximum atomic E-state index is 11.5. The van der Waals surface area contributed by atoms with E-state index in [1.165, 1.54) is 32.1 Å². The van der Waals surface area contributed by atoms with Gasteiger partial charge in [0, 0.05) is 11.8 Å². The van der Waals surface area contributed by atoms with Gasteiger partial charge in [-0.3, -0.25) is 4.79 Å². The van der Waals surface area contributed by atoms with Gasteiger partial charge in [-0.1, -0.05) is 6.42 Å². The van der Waals surface area contributed by atoms with Gasteiger partial charge in [0.25, 0.3) is 0 Å². The molecule has 0 aromatic carbocycles. The molecule has 0 aromatic heterocycles. The van der Waals surface area contributed by atoms with Crippen molar-refractivity contribution in [2.75, 3.05) is 0 Å². The molecule has 2 bridgehead atoms. The summed E-state index contributed by atoms with van der Waals surface area (Å²) < 4.78 is 0. The van der Waals surface area contributed by atoms with Crippen molar-refractivity contribution in [1.29, 1.82) is 0 Å². The summed E-state index contributed by atoms with van der Waals surface area (Å²) in [5.41, 5.74) is 0. The molecule has 0 N–H and O–H groups in total. The molecule has 4 atom stereocenters. The van der Waals surface area contributed by atoms with E-state index in [1.807, 2.05) is 0 Å². The smallest absolute Gasteiger partial charge is 0.139 e. The zero-order chi connectivity index (χ0) is 7.42. The molecule has 3 aliphatic rings. The normalized spacial score (nSPS) is 53.6. The van der Waals surface area contributed by atoms with Crippen LogP contribution < -0.4 is 0 Å². The highest BCUT2D eigenvalue weighted by Crippen LogP contribution is 2.57. The van der Waals surface area contributed by atoms with E-state index in [0.717, 1.165) is 11.8 Å². The molecule has 0 heterocycles. The predicted molar refractivity (Wildman–Crippen MR) is 42.1 cm³/mol. The van der Waals surface area contributed by atoms with Crippen molar-refractivity contribution in [2.24, 2.45) is 23.7 Å². The van der Waals surface area contributed by atoms with E-state index in [9.17, 15) is 4.79 Å². The van der Waals surface area contributed by atoms with E-state index in [2.05, 4.69) is 0 Å². The average Bonchev–Trinajstić information content (AvgIpc) is 2.11. The van der Waals surface area contributed by atoms with Crippen molar-refractivity contribution in [3.05, 3.63) is 0 Å². The zero-order valence-corrected chi connectivity index (χ0v) is 6.75. The number of ketones is 1. The summed E-state index contributed by atoms with van der Waals surface area (Å²) in [4.78, 5) is 11.5. The Morgan fingerprint density at radius 3 is 2.91 bits per heavy atom. The minimum Gasteiger partial charge on any atom is -0.299 e. The third kappa shape index (κ3) is 0.605. The van der Waals surface area contributed by atoms with Gasteiger partial charge in [0.15, 0.2) is 0 Å². The monoisotopic (exact) mass is 150 g/mol. The number of hydrogen-bond acceptors (Lipinski definition) is 1. The lowest BCUT2D eigenvalue weighted by molar-refractivity contribution is -0.141. The van der Waals surface area contributed by atoms with Gasteiger partial charge in [0.2, 0.25) is 0 Å². The molecule has 0 saturated heterocycles. The van der Waals surface area contributed by atoms with E-state index < -0.39 is 0 Å². The lowest BCUT2D eigenvalue weighted by Crippen LogP contribution is -2.44. The number of Topliss-reactive ketones (excluding diaryl/α,β-unsaturated/α-hetero) is 1. The number of carbonyl (C=O) groups excluding carboxylic acids is 1. The van der Waals surface area contributed by atoms with Crippen LogP contribution in [0.1, 0.15) is 32.1 Å². The van der Waals surface area contributed by atoms with Crippen LogP contribution in [0.2, 0.25) is 0 Å². The number of fused-ring (bicyclic) bond motifs is 2. The van der Waals surface area contributed by atoms with Crippen LogP contribution in [0.4, 0.5) is 0 Å². The fraction of sp³-hybridized carbons (Fsp3) is 0.900. The van der Waals surface area contributed by atoms with Gasteiger partial charge in [-0.25, -0.2) is 0 Å². The summed E-state index contributed by atoms with van der Waals surface area (Å²) in [7, 11) is 0.